The van der Waals surface area contributed by atoms with E-state index >= 15 is 0 Å². The van der Waals surface area contributed by atoms with Crippen molar-refractivity contribution in [2.75, 3.05) is 34.0 Å². The third kappa shape index (κ3) is 2.90. The summed E-state index contributed by atoms with van der Waals surface area (Å²) in [4.78, 5) is 0. The van der Waals surface area contributed by atoms with Gasteiger partial charge in [0.1, 0.15) is 13.2 Å². The SMILES string of the molecule is CNC(CCOC)c1ccc2c(c1)OCCO2. The first kappa shape index (κ1) is 12.2. The first-order valence-electron chi connectivity index (χ1n) is 5.91. The zero-order chi connectivity index (χ0) is 12.1. The zero-order valence-electron chi connectivity index (χ0n) is 10.4. The van der Waals surface area contributed by atoms with Gasteiger partial charge in [0.2, 0.25) is 0 Å². The second-order valence-corrected chi connectivity index (χ2v) is 4.03. The molecule has 0 aliphatic carbocycles. The minimum absolute atomic E-state index is 0.283. The van der Waals surface area contributed by atoms with Crippen molar-refractivity contribution in [3.63, 3.8) is 0 Å². The van der Waals surface area contributed by atoms with Crippen LogP contribution in [0.1, 0.15) is 18.0 Å². The molecule has 1 unspecified atom stereocenters. The molecule has 0 saturated heterocycles. The van der Waals surface area contributed by atoms with Crippen molar-refractivity contribution in [2.45, 2.75) is 12.5 Å². The third-order valence-corrected chi connectivity index (χ3v) is 2.93. The number of ether oxygens (including phenoxy) is 3. The summed E-state index contributed by atoms with van der Waals surface area (Å²) in [6, 6.07) is 6.38. The molecule has 94 valence electrons. The normalized spacial score (nSPS) is 15.6. The summed E-state index contributed by atoms with van der Waals surface area (Å²) >= 11 is 0. The average molecular weight is 237 g/mol. The lowest BCUT2D eigenvalue weighted by Crippen LogP contribution is -2.19. The van der Waals surface area contributed by atoms with Crippen molar-refractivity contribution in [2.24, 2.45) is 0 Å². The van der Waals surface area contributed by atoms with E-state index in [1.807, 2.05) is 19.2 Å². The summed E-state index contributed by atoms with van der Waals surface area (Å²) in [7, 11) is 3.67. The highest BCUT2D eigenvalue weighted by Gasteiger charge is 2.15. The Bertz CT molecular complexity index is 368. The van der Waals surface area contributed by atoms with E-state index in [0.29, 0.717) is 13.2 Å². The zero-order valence-corrected chi connectivity index (χ0v) is 10.4. The van der Waals surface area contributed by atoms with E-state index in [1.165, 1.54) is 5.56 Å². The lowest BCUT2D eigenvalue weighted by Gasteiger charge is -2.22. The van der Waals surface area contributed by atoms with Crippen LogP contribution in [0.15, 0.2) is 18.2 Å². The van der Waals surface area contributed by atoms with Gasteiger partial charge in [-0.2, -0.15) is 0 Å². The second-order valence-electron chi connectivity index (χ2n) is 4.03. The predicted octanol–water partition coefficient (Wildman–Crippen LogP) is 1.75. The molecule has 0 bridgehead atoms. The summed E-state index contributed by atoms with van der Waals surface area (Å²) in [6.45, 7) is 1.99. The summed E-state index contributed by atoms with van der Waals surface area (Å²) in [6.07, 6.45) is 0.937. The summed E-state index contributed by atoms with van der Waals surface area (Å²) < 4.78 is 16.2. The van der Waals surface area contributed by atoms with Gasteiger partial charge >= 0.3 is 0 Å². The van der Waals surface area contributed by atoms with Crippen molar-refractivity contribution in [3.05, 3.63) is 23.8 Å². The van der Waals surface area contributed by atoms with E-state index in [1.54, 1.807) is 7.11 Å². The topological polar surface area (TPSA) is 39.7 Å². The molecular weight excluding hydrogens is 218 g/mol. The molecule has 0 amide bonds. The van der Waals surface area contributed by atoms with Gasteiger partial charge in [-0.15, -0.1) is 0 Å². The largest absolute Gasteiger partial charge is 0.486 e. The van der Waals surface area contributed by atoms with Crippen LogP contribution < -0.4 is 14.8 Å². The van der Waals surface area contributed by atoms with E-state index in [9.17, 15) is 0 Å². The Morgan fingerprint density at radius 3 is 2.76 bits per heavy atom. The monoisotopic (exact) mass is 237 g/mol. The molecule has 4 nitrogen and oxygen atoms in total. The summed E-state index contributed by atoms with van der Waals surface area (Å²) in [5, 5.41) is 3.28. The first-order chi connectivity index (χ1) is 8.35. The van der Waals surface area contributed by atoms with Crippen molar-refractivity contribution < 1.29 is 14.2 Å². The van der Waals surface area contributed by atoms with Gasteiger partial charge in [-0.25, -0.2) is 0 Å². The van der Waals surface area contributed by atoms with Gasteiger partial charge < -0.3 is 19.5 Å². The Morgan fingerprint density at radius 1 is 1.29 bits per heavy atom. The Morgan fingerprint density at radius 2 is 2.06 bits per heavy atom. The fraction of sp³-hybridized carbons (Fsp3) is 0.538. The van der Waals surface area contributed by atoms with Crippen LogP contribution in [0, 0.1) is 0 Å². The third-order valence-electron chi connectivity index (χ3n) is 2.93. The maximum atomic E-state index is 5.58. The predicted molar refractivity (Wildman–Crippen MR) is 65.7 cm³/mol. The van der Waals surface area contributed by atoms with E-state index in [-0.39, 0.29) is 6.04 Å². The van der Waals surface area contributed by atoms with Gasteiger partial charge in [0.15, 0.2) is 11.5 Å². The molecule has 1 heterocycles. The van der Waals surface area contributed by atoms with Crippen LogP contribution in [0.2, 0.25) is 0 Å². The van der Waals surface area contributed by atoms with E-state index in [2.05, 4.69) is 11.4 Å². The molecule has 4 heteroatoms. The molecule has 1 aliphatic rings. The molecule has 0 fully saturated rings. The standard InChI is InChI=1S/C13H19NO3/c1-14-11(5-6-15-2)10-3-4-12-13(9-10)17-8-7-16-12/h3-4,9,11,14H,5-8H2,1-2H3. The molecule has 0 aromatic heterocycles. The molecule has 0 spiro atoms. The number of methoxy groups -OCH3 is 1. The second kappa shape index (κ2) is 5.89. The molecular formula is C13H19NO3. The first-order valence-corrected chi connectivity index (χ1v) is 5.91. The van der Waals surface area contributed by atoms with Gasteiger partial charge in [-0.1, -0.05) is 6.07 Å². The number of hydrogen-bond acceptors (Lipinski definition) is 4. The number of rotatable bonds is 5. The van der Waals surface area contributed by atoms with Crippen LogP contribution in [0.25, 0.3) is 0 Å². The lowest BCUT2D eigenvalue weighted by molar-refractivity contribution is 0.170. The smallest absolute Gasteiger partial charge is 0.161 e. The van der Waals surface area contributed by atoms with Gasteiger partial charge in [0.25, 0.3) is 0 Å². The van der Waals surface area contributed by atoms with Gasteiger partial charge in [0, 0.05) is 19.8 Å². The summed E-state index contributed by atoms with van der Waals surface area (Å²) in [5.41, 5.74) is 1.20. The fourth-order valence-electron chi connectivity index (χ4n) is 1.99. The van der Waals surface area contributed by atoms with Crippen LogP contribution in [0.4, 0.5) is 0 Å². The Labute approximate surface area is 102 Å². The number of fused-ring (bicyclic) bond motifs is 1. The van der Waals surface area contributed by atoms with Gasteiger partial charge in [-0.3, -0.25) is 0 Å². The van der Waals surface area contributed by atoms with Crippen LogP contribution in [-0.2, 0) is 4.74 Å². The highest BCUT2D eigenvalue weighted by atomic mass is 16.6. The summed E-state index contributed by atoms with van der Waals surface area (Å²) in [5.74, 6) is 1.67. The van der Waals surface area contributed by atoms with E-state index in [4.69, 9.17) is 14.2 Å². The Balaban J connectivity index is 2.13. The minimum atomic E-state index is 0.283. The molecule has 17 heavy (non-hydrogen) atoms. The van der Waals surface area contributed by atoms with Gasteiger partial charge in [-0.05, 0) is 31.2 Å². The molecule has 1 aromatic carbocycles. The van der Waals surface area contributed by atoms with Crippen molar-refractivity contribution in [1.82, 2.24) is 5.32 Å². The van der Waals surface area contributed by atoms with Gasteiger partial charge in [0.05, 0.1) is 0 Å². The molecule has 1 aromatic rings. The molecule has 1 atom stereocenters. The molecule has 0 saturated carbocycles. The Kier molecular flexibility index (Phi) is 4.23. The van der Waals surface area contributed by atoms with Crippen molar-refractivity contribution in [1.29, 1.82) is 0 Å². The number of hydrogen-bond donors (Lipinski definition) is 1. The molecule has 1 aliphatic heterocycles. The van der Waals surface area contributed by atoms with Crippen LogP contribution in [-0.4, -0.2) is 34.0 Å². The molecule has 2 rings (SSSR count). The van der Waals surface area contributed by atoms with Crippen molar-refractivity contribution in [3.8, 4) is 11.5 Å². The van der Waals surface area contributed by atoms with Crippen LogP contribution >= 0.6 is 0 Å². The maximum absolute atomic E-state index is 5.58. The fourth-order valence-corrected chi connectivity index (χ4v) is 1.99. The van der Waals surface area contributed by atoms with Crippen molar-refractivity contribution >= 4 is 0 Å². The maximum Gasteiger partial charge on any atom is 0.161 e. The van der Waals surface area contributed by atoms with Crippen LogP contribution in [0.3, 0.4) is 0 Å². The Hall–Kier alpha value is -1.26. The molecule has 0 radical (unpaired) electrons. The van der Waals surface area contributed by atoms with E-state index < -0.39 is 0 Å². The highest BCUT2D eigenvalue weighted by molar-refractivity contribution is 5.44. The molecule has 1 N–H and O–H groups in total. The highest BCUT2D eigenvalue weighted by Crippen LogP contribution is 2.33. The average Bonchev–Trinajstić information content (AvgIpc) is 2.39. The minimum Gasteiger partial charge on any atom is -0.486 e. The van der Waals surface area contributed by atoms with Crippen LogP contribution in [0.5, 0.6) is 11.5 Å². The van der Waals surface area contributed by atoms with E-state index in [0.717, 1.165) is 24.5 Å². The lowest BCUT2D eigenvalue weighted by atomic mass is 10.0. The number of benzene rings is 1. The number of nitrogens with one attached hydrogen (secondary N) is 1. The quantitative estimate of drug-likeness (QED) is 0.847.